The Morgan fingerprint density at radius 3 is 3.10 bits per heavy atom. The van der Waals surface area contributed by atoms with Gasteiger partial charge in [-0.1, -0.05) is 18.2 Å². The van der Waals surface area contributed by atoms with Crippen molar-refractivity contribution in [1.29, 1.82) is 0 Å². The van der Waals surface area contributed by atoms with Gasteiger partial charge in [-0.3, -0.25) is 4.79 Å². The average Bonchev–Trinajstić information content (AvgIpc) is 2.85. The maximum absolute atomic E-state index is 12.3. The van der Waals surface area contributed by atoms with Crippen molar-refractivity contribution in [3.8, 4) is 5.75 Å². The number of nitrogens with one attached hydrogen (secondary N) is 1. The standard InChI is InChI=1S/C14H12BrN3O2/c15-8-5-10(13(16)17-6-8)14(19)18-11-7-20-12-4-2-1-3-9(11)12/h1-6,11H,7H2,(H2,16,17)(H,18,19). The molecule has 1 aliphatic rings. The fraction of sp³-hybridized carbons (Fsp3) is 0.143. The molecule has 0 fully saturated rings. The highest BCUT2D eigenvalue weighted by molar-refractivity contribution is 9.10. The number of hydrogen-bond donors (Lipinski definition) is 2. The van der Waals surface area contributed by atoms with Crippen LogP contribution in [0, 0.1) is 0 Å². The molecule has 1 amide bonds. The molecule has 1 aromatic carbocycles. The second kappa shape index (κ2) is 5.13. The first-order valence-electron chi connectivity index (χ1n) is 6.09. The summed E-state index contributed by atoms with van der Waals surface area (Å²) in [5, 5.41) is 2.91. The highest BCUT2D eigenvalue weighted by Crippen LogP contribution is 2.32. The van der Waals surface area contributed by atoms with Crippen LogP contribution in [0.15, 0.2) is 41.0 Å². The van der Waals surface area contributed by atoms with Crippen molar-refractivity contribution in [2.75, 3.05) is 12.3 Å². The molecule has 0 saturated heterocycles. The van der Waals surface area contributed by atoms with Crippen LogP contribution in [0.3, 0.4) is 0 Å². The molecule has 0 bridgehead atoms. The van der Waals surface area contributed by atoms with Gasteiger partial charge in [0.25, 0.3) is 5.91 Å². The lowest BCUT2D eigenvalue weighted by molar-refractivity contribution is 0.0931. The largest absolute Gasteiger partial charge is 0.491 e. The number of rotatable bonds is 2. The van der Waals surface area contributed by atoms with Gasteiger partial charge in [0, 0.05) is 16.2 Å². The summed E-state index contributed by atoms with van der Waals surface area (Å²) < 4.78 is 6.24. The van der Waals surface area contributed by atoms with Crippen LogP contribution in [0.5, 0.6) is 5.75 Å². The first-order chi connectivity index (χ1) is 9.65. The molecule has 5 nitrogen and oxygen atoms in total. The maximum atomic E-state index is 12.3. The van der Waals surface area contributed by atoms with Crippen molar-refractivity contribution in [3.05, 3.63) is 52.1 Å². The van der Waals surface area contributed by atoms with Crippen LogP contribution in [0.1, 0.15) is 22.0 Å². The lowest BCUT2D eigenvalue weighted by atomic mass is 10.1. The number of nitrogen functional groups attached to an aromatic ring is 1. The molecule has 6 heteroatoms. The minimum Gasteiger partial charge on any atom is -0.491 e. The number of nitrogens with zero attached hydrogens (tertiary/aromatic N) is 1. The number of halogens is 1. The highest BCUT2D eigenvalue weighted by Gasteiger charge is 2.26. The quantitative estimate of drug-likeness (QED) is 0.883. The van der Waals surface area contributed by atoms with Gasteiger partial charge in [-0.25, -0.2) is 4.98 Å². The zero-order valence-electron chi connectivity index (χ0n) is 10.5. The molecule has 102 valence electrons. The molecule has 20 heavy (non-hydrogen) atoms. The van der Waals surface area contributed by atoms with Gasteiger partial charge in [-0.05, 0) is 28.1 Å². The molecule has 1 unspecified atom stereocenters. The summed E-state index contributed by atoms with van der Waals surface area (Å²) in [7, 11) is 0. The molecule has 2 heterocycles. The number of benzene rings is 1. The Hall–Kier alpha value is -2.08. The first kappa shape index (κ1) is 12.9. The molecule has 1 aliphatic heterocycles. The summed E-state index contributed by atoms with van der Waals surface area (Å²) >= 11 is 3.28. The van der Waals surface area contributed by atoms with E-state index in [2.05, 4.69) is 26.2 Å². The number of para-hydroxylation sites is 1. The number of amides is 1. The van der Waals surface area contributed by atoms with E-state index in [-0.39, 0.29) is 17.8 Å². The lowest BCUT2D eigenvalue weighted by Gasteiger charge is -2.12. The molecular formula is C14H12BrN3O2. The van der Waals surface area contributed by atoms with Crippen molar-refractivity contribution in [1.82, 2.24) is 10.3 Å². The molecule has 1 aromatic heterocycles. The molecule has 3 N–H and O–H groups in total. The number of anilines is 1. The summed E-state index contributed by atoms with van der Waals surface area (Å²) in [5.74, 6) is 0.748. The highest BCUT2D eigenvalue weighted by atomic mass is 79.9. The van der Waals surface area contributed by atoms with Crippen LogP contribution < -0.4 is 15.8 Å². The number of carbonyl (C=O) groups is 1. The summed E-state index contributed by atoms with van der Waals surface area (Å²) in [6.07, 6.45) is 1.56. The van der Waals surface area contributed by atoms with E-state index in [1.807, 2.05) is 24.3 Å². The Balaban J connectivity index is 1.82. The smallest absolute Gasteiger partial charge is 0.255 e. The van der Waals surface area contributed by atoms with Crippen LogP contribution >= 0.6 is 15.9 Å². The van der Waals surface area contributed by atoms with Gasteiger partial charge in [0.05, 0.1) is 11.6 Å². The predicted octanol–water partition coefficient (Wildman–Crippen LogP) is 2.29. The summed E-state index contributed by atoms with van der Waals surface area (Å²) in [6.45, 7) is 0.423. The average molecular weight is 334 g/mol. The number of aromatic nitrogens is 1. The summed E-state index contributed by atoms with van der Waals surface area (Å²) in [4.78, 5) is 16.2. The SMILES string of the molecule is Nc1ncc(Br)cc1C(=O)NC1COc2ccccc21. The van der Waals surface area contributed by atoms with Gasteiger partial charge in [0.2, 0.25) is 0 Å². The zero-order chi connectivity index (χ0) is 14.1. The van der Waals surface area contributed by atoms with Crippen molar-refractivity contribution < 1.29 is 9.53 Å². The zero-order valence-corrected chi connectivity index (χ0v) is 12.1. The van der Waals surface area contributed by atoms with Gasteiger partial charge < -0.3 is 15.8 Å². The molecule has 3 rings (SSSR count). The van der Waals surface area contributed by atoms with Crippen LogP contribution in [0.2, 0.25) is 0 Å². The number of pyridine rings is 1. The van der Waals surface area contributed by atoms with E-state index >= 15 is 0 Å². The van der Waals surface area contributed by atoms with Gasteiger partial charge in [-0.2, -0.15) is 0 Å². The minimum atomic E-state index is -0.262. The van der Waals surface area contributed by atoms with E-state index in [1.54, 1.807) is 12.3 Å². The van der Waals surface area contributed by atoms with E-state index in [4.69, 9.17) is 10.5 Å². The Morgan fingerprint density at radius 2 is 2.25 bits per heavy atom. The fourth-order valence-electron chi connectivity index (χ4n) is 2.15. The van der Waals surface area contributed by atoms with E-state index in [9.17, 15) is 4.79 Å². The molecular weight excluding hydrogens is 322 g/mol. The number of ether oxygens (including phenoxy) is 1. The molecule has 2 aromatic rings. The van der Waals surface area contributed by atoms with Gasteiger partial charge in [-0.15, -0.1) is 0 Å². The minimum absolute atomic E-state index is 0.169. The number of hydrogen-bond acceptors (Lipinski definition) is 4. The van der Waals surface area contributed by atoms with Crippen LogP contribution in [0.4, 0.5) is 5.82 Å². The maximum Gasteiger partial charge on any atom is 0.255 e. The molecule has 0 spiro atoms. The third kappa shape index (κ3) is 2.34. The van der Waals surface area contributed by atoms with Gasteiger partial charge in [0.1, 0.15) is 18.2 Å². The lowest BCUT2D eigenvalue weighted by Crippen LogP contribution is -2.30. The predicted molar refractivity (Wildman–Crippen MR) is 78.5 cm³/mol. The van der Waals surface area contributed by atoms with E-state index in [1.165, 1.54) is 0 Å². The second-order valence-corrected chi connectivity index (χ2v) is 5.38. The van der Waals surface area contributed by atoms with Crippen LogP contribution in [-0.2, 0) is 0 Å². The Kier molecular flexibility index (Phi) is 3.31. The summed E-state index contributed by atoms with van der Waals surface area (Å²) in [6, 6.07) is 9.13. The molecule has 0 radical (unpaired) electrons. The third-order valence-electron chi connectivity index (χ3n) is 3.14. The van der Waals surface area contributed by atoms with E-state index < -0.39 is 0 Å². The molecule has 0 aliphatic carbocycles. The van der Waals surface area contributed by atoms with Crippen LogP contribution in [-0.4, -0.2) is 17.5 Å². The topological polar surface area (TPSA) is 77.2 Å². The molecule has 1 atom stereocenters. The Bertz CT molecular complexity index is 675. The van der Waals surface area contributed by atoms with Crippen LogP contribution in [0.25, 0.3) is 0 Å². The Labute approximate surface area is 124 Å². The van der Waals surface area contributed by atoms with Crippen molar-refractivity contribution in [2.45, 2.75) is 6.04 Å². The number of fused-ring (bicyclic) bond motifs is 1. The van der Waals surface area contributed by atoms with E-state index in [0.29, 0.717) is 16.6 Å². The first-order valence-corrected chi connectivity index (χ1v) is 6.88. The van der Waals surface area contributed by atoms with Crippen molar-refractivity contribution >= 4 is 27.7 Å². The number of nitrogens with two attached hydrogens (primary N) is 1. The fourth-order valence-corrected chi connectivity index (χ4v) is 2.48. The summed E-state index contributed by atoms with van der Waals surface area (Å²) in [5.41, 5.74) is 7.06. The van der Waals surface area contributed by atoms with Gasteiger partial charge >= 0.3 is 0 Å². The second-order valence-electron chi connectivity index (χ2n) is 4.46. The normalized spacial score (nSPS) is 16.4. The third-order valence-corrected chi connectivity index (χ3v) is 3.57. The van der Waals surface area contributed by atoms with E-state index in [0.717, 1.165) is 11.3 Å². The van der Waals surface area contributed by atoms with Crippen molar-refractivity contribution in [3.63, 3.8) is 0 Å². The molecule has 0 saturated carbocycles. The van der Waals surface area contributed by atoms with Gasteiger partial charge in [0.15, 0.2) is 0 Å². The Morgan fingerprint density at radius 1 is 1.45 bits per heavy atom. The number of carbonyl (C=O) groups excluding carboxylic acids is 1. The van der Waals surface area contributed by atoms with Crippen molar-refractivity contribution in [2.24, 2.45) is 0 Å². The monoisotopic (exact) mass is 333 g/mol.